The number of aryl methyl sites for hydroxylation is 1. The Balaban J connectivity index is 1.72. The zero-order valence-electron chi connectivity index (χ0n) is 18.1. The molecule has 12 nitrogen and oxygen atoms in total. The summed E-state index contributed by atoms with van der Waals surface area (Å²) in [6.45, 7) is 1.86. The smallest absolute Gasteiger partial charge is 0.339 e. The lowest BCUT2D eigenvalue weighted by molar-refractivity contribution is -0.394. The van der Waals surface area contributed by atoms with Crippen molar-refractivity contribution < 1.29 is 24.1 Å². The van der Waals surface area contributed by atoms with E-state index in [0.717, 1.165) is 23.8 Å². The van der Waals surface area contributed by atoms with Crippen LogP contribution in [0.4, 0.5) is 21.9 Å². The number of non-ortho nitro benzene ring substituents is 1. The van der Waals surface area contributed by atoms with E-state index < -0.39 is 27.3 Å². The summed E-state index contributed by atoms with van der Waals surface area (Å²) < 4.78 is 10.9. The van der Waals surface area contributed by atoms with Crippen LogP contribution in [0.5, 0.6) is 17.2 Å². The number of carbonyl (C=O) groups excluding carboxylic acids is 1. The third-order valence-corrected chi connectivity index (χ3v) is 4.53. The standard InChI is InChI=1S/C22H19N5O7/c1-14-5-3-4-6-17(14)24-22(28)25-23-13-15-7-9-20(21(11-15)33-2)34-19-10-8-16(26(29)30)12-18(19)27(31)32/h3-13H,1-2H3,(H2,24,25,28). The minimum Gasteiger partial charge on any atom is -0.493 e. The minimum atomic E-state index is -0.774. The Bertz CT molecular complexity index is 1280. The number of nitro benzene ring substituents is 2. The van der Waals surface area contributed by atoms with Crippen LogP contribution in [0.2, 0.25) is 0 Å². The van der Waals surface area contributed by atoms with E-state index in [2.05, 4.69) is 15.8 Å². The van der Waals surface area contributed by atoms with Crippen molar-refractivity contribution in [1.29, 1.82) is 0 Å². The normalized spacial score (nSPS) is 10.5. The molecule has 0 saturated heterocycles. The predicted octanol–water partition coefficient (Wildman–Crippen LogP) is 4.77. The number of para-hydroxylation sites is 1. The highest BCUT2D eigenvalue weighted by atomic mass is 16.6. The van der Waals surface area contributed by atoms with Crippen molar-refractivity contribution >= 4 is 29.3 Å². The van der Waals surface area contributed by atoms with Gasteiger partial charge in [-0.15, -0.1) is 0 Å². The Morgan fingerprint density at radius 2 is 1.71 bits per heavy atom. The molecular weight excluding hydrogens is 446 g/mol. The molecule has 0 aromatic heterocycles. The van der Waals surface area contributed by atoms with Crippen LogP contribution >= 0.6 is 0 Å². The molecule has 0 bridgehead atoms. The molecule has 3 rings (SSSR count). The monoisotopic (exact) mass is 465 g/mol. The van der Waals surface area contributed by atoms with E-state index in [9.17, 15) is 25.0 Å². The van der Waals surface area contributed by atoms with Gasteiger partial charge in [-0.2, -0.15) is 5.10 Å². The van der Waals surface area contributed by atoms with E-state index in [1.165, 1.54) is 25.5 Å². The maximum absolute atomic E-state index is 12.0. The molecule has 34 heavy (non-hydrogen) atoms. The highest BCUT2D eigenvalue weighted by molar-refractivity contribution is 5.91. The topological polar surface area (TPSA) is 158 Å². The molecule has 0 fully saturated rings. The van der Waals surface area contributed by atoms with Crippen molar-refractivity contribution in [2.45, 2.75) is 6.92 Å². The molecule has 3 aromatic carbocycles. The van der Waals surface area contributed by atoms with E-state index in [-0.39, 0.29) is 17.2 Å². The van der Waals surface area contributed by atoms with Gasteiger partial charge in [0.2, 0.25) is 5.75 Å². The molecular formula is C22H19N5O7. The Morgan fingerprint density at radius 3 is 2.38 bits per heavy atom. The number of hydrogen-bond acceptors (Lipinski definition) is 8. The van der Waals surface area contributed by atoms with Crippen molar-refractivity contribution in [3.8, 4) is 17.2 Å². The number of anilines is 1. The number of hydrogen-bond donors (Lipinski definition) is 2. The minimum absolute atomic E-state index is 0.141. The number of urea groups is 1. The number of carbonyl (C=O) groups is 1. The SMILES string of the molecule is COc1cc(C=NNC(=O)Nc2ccccc2C)ccc1Oc1ccc([N+](=O)[O-])cc1[N+](=O)[O-]. The van der Waals surface area contributed by atoms with Gasteiger partial charge < -0.3 is 14.8 Å². The zero-order chi connectivity index (χ0) is 24.7. The Morgan fingerprint density at radius 1 is 0.971 bits per heavy atom. The van der Waals surface area contributed by atoms with Crippen LogP contribution in [0.25, 0.3) is 0 Å². The molecule has 0 radical (unpaired) electrons. The molecule has 0 atom stereocenters. The first kappa shape index (κ1) is 23.7. The fraction of sp³-hybridized carbons (Fsp3) is 0.0909. The fourth-order valence-electron chi connectivity index (χ4n) is 2.84. The average Bonchev–Trinajstić information content (AvgIpc) is 2.81. The van der Waals surface area contributed by atoms with E-state index >= 15 is 0 Å². The molecule has 3 aromatic rings. The molecule has 0 heterocycles. The van der Waals surface area contributed by atoms with Crippen molar-refractivity contribution in [3.05, 3.63) is 92.0 Å². The number of rotatable bonds is 8. The maximum Gasteiger partial charge on any atom is 0.339 e. The Hall–Kier alpha value is -5.00. The molecule has 174 valence electrons. The summed E-state index contributed by atoms with van der Waals surface area (Å²) in [4.78, 5) is 32.7. The van der Waals surface area contributed by atoms with Gasteiger partial charge in [0.05, 0.1) is 29.2 Å². The summed E-state index contributed by atoms with van der Waals surface area (Å²) >= 11 is 0. The number of amides is 2. The van der Waals surface area contributed by atoms with E-state index in [1.807, 2.05) is 19.1 Å². The number of hydrazone groups is 1. The quantitative estimate of drug-likeness (QED) is 0.275. The zero-order valence-corrected chi connectivity index (χ0v) is 18.1. The third-order valence-electron chi connectivity index (χ3n) is 4.53. The van der Waals surface area contributed by atoms with Crippen LogP contribution in [0.3, 0.4) is 0 Å². The number of benzene rings is 3. The van der Waals surface area contributed by atoms with Crippen molar-refractivity contribution in [1.82, 2.24) is 5.43 Å². The second-order valence-electron chi connectivity index (χ2n) is 6.82. The van der Waals surface area contributed by atoms with Crippen molar-refractivity contribution in [3.63, 3.8) is 0 Å². The number of ether oxygens (including phenoxy) is 2. The summed E-state index contributed by atoms with van der Waals surface area (Å²) in [5.74, 6) is 0.174. The first-order chi connectivity index (χ1) is 16.3. The molecule has 0 aliphatic heterocycles. The second-order valence-corrected chi connectivity index (χ2v) is 6.82. The van der Waals surface area contributed by atoms with Crippen molar-refractivity contribution in [2.75, 3.05) is 12.4 Å². The molecule has 0 unspecified atom stereocenters. The Kier molecular flexibility index (Phi) is 7.34. The van der Waals surface area contributed by atoms with Gasteiger partial charge in [-0.05, 0) is 48.4 Å². The lowest BCUT2D eigenvalue weighted by atomic mass is 10.2. The Labute approximate surface area is 193 Å². The van der Waals surface area contributed by atoms with Gasteiger partial charge in [0, 0.05) is 11.8 Å². The summed E-state index contributed by atoms with van der Waals surface area (Å²) in [5, 5.41) is 28.8. The van der Waals surface area contributed by atoms with Crippen LogP contribution in [0.15, 0.2) is 65.8 Å². The van der Waals surface area contributed by atoms with Crippen LogP contribution in [-0.4, -0.2) is 29.2 Å². The van der Waals surface area contributed by atoms with Crippen LogP contribution < -0.4 is 20.2 Å². The van der Waals surface area contributed by atoms with Gasteiger partial charge in [-0.1, -0.05) is 18.2 Å². The number of nitrogens with zero attached hydrogens (tertiary/aromatic N) is 3. The largest absolute Gasteiger partial charge is 0.493 e. The van der Waals surface area contributed by atoms with Gasteiger partial charge in [-0.25, -0.2) is 10.2 Å². The molecule has 0 aliphatic carbocycles. The first-order valence-corrected chi connectivity index (χ1v) is 9.73. The van der Waals surface area contributed by atoms with Gasteiger partial charge in [0.25, 0.3) is 5.69 Å². The molecule has 0 spiro atoms. The van der Waals surface area contributed by atoms with Gasteiger partial charge >= 0.3 is 11.7 Å². The number of nitro groups is 2. The number of methoxy groups -OCH3 is 1. The summed E-state index contributed by atoms with van der Waals surface area (Å²) in [7, 11) is 1.38. The first-order valence-electron chi connectivity index (χ1n) is 9.73. The number of nitrogens with one attached hydrogen (secondary N) is 2. The third kappa shape index (κ3) is 5.82. The lowest BCUT2D eigenvalue weighted by Gasteiger charge is -2.11. The molecule has 0 aliphatic rings. The van der Waals surface area contributed by atoms with E-state index in [1.54, 1.807) is 18.2 Å². The van der Waals surface area contributed by atoms with Crippen LogP contribution in [-0.2, 0) is 0 Å². The fourth-order valence-corrected chi connectivity index (χ4v) is 2.84. The van der Waals surface area contributed by atoms with Crippen LogP contribution in [0, 0.1) is 27.2 Å². The van der Waals surface area contributed by atoms with E-state index in [4.69, 9.17) is 9.47 Å². The highest BCUT2D eigenvalue weighted by Crippen LogP contribution is 2.38. The van der Waals surface area contributed by atoms with Gasteiger partial charge in [0.1, 0.15) is 0 Å². The van der Waals surface area contributed by atoms with Gasteiger partial charge in [-0.3, -0.25) is 20.2 Å². The lowest BCUT2D eigenvalue weighted by Crippen LogP contribution is -2.24. The molecule has 12 heteroatoms. The molecule has 0 saturated carbocycles. The van der Waals surface area contributed by atoms with Gasteiger partial charge in [0.15, 0.2) is 11.5 Å². The predicted molar refractivity (Wildman–Crippen MR) is 124 cm³/mol. The summed E-state index contributed by atoms with van der Waals surface area (Å²) in [6, 6.07) is 14.4. The van der Waals surface area contributed by atoms with Crippen LogP contribution in [0.1, 0.15) is 11.1 Å². The second kappa shape index (κ2) is 10.5. The van der Waals surface area contributed by atoms with E-state index in [0.29, 0.717) is 11.3 Å². The molecule has 2 amide bonds. The average molecular weight is 465 g/mol. The highest BCUT2D eigenvalue weighted by Gasteiger charge is 2.22. The maximum atomic E-state index is 12.0. The summed E-state index contributed by atoms with van der Waals surface area (Å²) in [5.41, 5.74) is 3.44. The summed E-state index contributed by atoms with van der Waals surface area (Å²) in [6.07, 6.45) is 1.37. The molecule has 2 N–H and O–H groups in total. The van der Waals surface area contributed by atoms with Crippen molar-refractivity contribution in [2.24, 2.45) is 5.10 Å².